The van der Waals surface area contributed by atoms with Crippen LogP contribution in [0.2, 0.25) is 0 Å². The summed E-state index contributed by atoms with van der Waals surface area (Å²) in [5.74, 6) is 0. The van der Waals surface area contributed by atoms with E-state index in [0.717, 1.165) is 25.2 Å². The summed E-state index contributed by atoms with van der Waals surface area (Å²) in [6, 6.07) is 15.9. The maximum atomic E-state index is 11.6. The number of nitrogens with zero attached hydrogens (tertiary/aromatic N) is 1. The van der Waals surface area contributed by atoms with Gasteiger partial charge >= 0.3 is 0 Å². The summed E-state index contributed by atoms with van der Waals surface area (Å²) in [4.78, 5) is 2.75. The van der Waals surface area contributed by atoms with Crippen LogP contribution < -0.4 is 10.2 Å². The molecule has 0 bridgehead atoms. The Morgan fingerprint density at radius 3 is 2.42 bits per heavy atom. The fourth-order valence-corrected chi connectivity index (χ4v) is 3.69. The predicted molar refractivity (Wildman–Crippen MR) is 101 cm³/mol. The maximum Gasteiger partial charge on any atom is 0.175 e. The molecule has 0 amide bonds. The average Bonchev–Trinajstić information content (AvgIpc) is 2.76. The molecule has 0 fully saturated rings. The first-order valence-corrected chi connectivity index (χ1v) is 9.71. The summed E-state index contributed by atoms with van der Waals surface area (Å²) >= 11 is 0. The SMILES string of the molecule is CC(c1ccc(S(C)(=O)=O)cc1)N1CCNCc2ccccc21.Cl. The molecule has 1 N–H and O–H groups in total. The van der Waals surface area contributed by atoms with Gasteiger partial charge in [0, 0.05) is 31.6 Å². The number of hydrogen-bond donors (Lipinski definition) is 1. The Hall–Kier alpha value is -1.56. The van der Waals surface area contributed by atoms with Crippen molar-refractivity contribution in [2.24, 2.45) is 0 Å². The molecule has 0 radical (unpaired) electrons. The van der Waals surface area contributed by atoms with Gasteiger partial charge in [-0.1, -0.05) is 30.3 Å². The molecular formula is C18H23ClN2O2S. The molecule has 1 atom stereocenters. The van der Waals surface area contributed by atoms with Crippen LogP contribution in [0.5, 0.6) is 0 Å². The van der Waals surface area contributed by atoms with Gasteiger partial charge in [0.15, 0.2) is 9.84 Å². The summed E-state index contributed by atoms with van der Waals surface area (Å²) in [7, 11) is -3.15. The van der Waals surface area contributed by atoms with Crippen LogP contribution in [0.3, 0.4) is 0 Å². The lowest BCUT2D eigenvalue weighted by Gasteiger charge is -2.31. The highest BCUT2D eigenvalue weighted by Gasteiger charge is 2.21. The molecule has 3 rings (SSSR count). The lowest BCUT2D eigenvalue weighted by atomic mass is 10.0. The van der Waals surface area contributed by atoms with Crippen LogP contribution in [0.1, 0.15) is 24.1 Å². The molecule has 0 saturated carbocycles. The largest absolute Gasteiger partial charge is 0.363 e. The third-order valence-electron chi connectivity index (χ3n) is 4.40. The molecule has 1 unspecified atom stereocenters. The Morgan fingerprint density at radius 2 is 1.75 bits per heavy atom. The van der Waals surface area contributed by atoms with Crippen molar-refractivity contribution in [2.45, 2.75) is 24.4 Å². The van der Waals surface area contributed by atoms with Gasteiger partial charge in [0.05, 0.1) is 10.9 Å². The number of sulfone groups is 1. The van der Waals surface area contributed by atoms with Crippen molar-refractivity contribution in [2.75, 3.05) is 24.2 Å². The van der Waals surface area contributed by atoms with Crippen LogP contribution >= 0.6 is 12.4 Å². The van der Waals surface area contributed by atoms with E-state index >= 15 is 0 Å². The highest BCUT2D eigenvalue weighted by atomic mass is 35.5. The Balaban J connectivity index is 0.00000208. The van der Waals surface area contributed by atoms with Crippen LogP contribution in [0.25, 0.3) is 0 Å². The minimum Gasteiger partial charge on any atom is -0.363 e. The average molecular weight is 367 g/mol. The zero-order valence-corrected chi connectivity index (χ0v) is 15.5. The number of anilines is 1. The Morgan fingerprint density at radius 1 is 1.08 bits per heavy atom. The molecule has 6 heteroatoms. The van der Waals surface area contributed by atoms with Crippen LogP contribution in [0.15, 0.2) is 53.4 Å². The number of halogens is 1. The zero-order valence-electron chi connectivity index (χ0n) is 13.9. The molecule has 0 aliphatic carbocycles. The summed E-state index contributed by atoms with van der Waals surface area (Å²) in [6.07, 6.45) is 1.24. The molecule has 1 heterocycles. The first-order valence-electron chi connectivity index (χ1n) is 7.82. The topological polar surface area (TPSA) is 49.4 Å². The van der Waals surface area contributed by atoms with Crippen molar-refractivity contribution in [1.82, 2.24) is 5.32 Å². The highest BCUT2D eigenvalue weighted by molar-refractivity contribution is 7.90. The third kappa shape index (κ3) is 3.91. The molecule has 1 aliphatic heterocycles. The van der Waals surface area contributed by atoms with Gasteiger partial charge in [0.1, 0.15) is 0 Å². The van der Waals surface area contributed by atoms with Crippen LogP contribution in [-0.4, -0.2) is 27.8 Å². The first-order chi connectivity index (χ1) is 11.0. The number of hydrogen-bond acceptors (Lipinski definition) is 4. The van der Waals surface area contributed by atoms with E-state index in [9.17, 15) is 8.42 Å². The van der Waals surface area contributed by atoms with Gasteiger partial charge in [0.25, 0.3) is 0 Å². The number of para-hydroxylation sites is 1. The minimum absolute atomic E-state index is 0. The Bertz CT molecular complexity index is 791. The van der Waals surface area contributed by atoms with Crippen molar-refractivity contribution in [3.05, 3.63) is 59.7 Å². The molecule has 2 aromatic carbocycles. The van der Waals surface area contributed by atoms with E-state index in [1.165, 1.54) is 17.5 Å². The van der Waals surface area contributed by atoms with E-state index < -0.39 is 9.84 Å². The Labute approximate surface area is 150 Å². The van der Waals surface area contributed by atoms with E-state index in [-0.39, 0.29) is 18.4 Å². The number of fused-ring (bicyclic) bond motifs is 1. The standard InChI is InChI=1S/C18H22N2O2S.ClH/c1-14(15-7-9-17(10-8-15)23(2,21)22)20-12-11-19-13-16-5-3-4-6-18(16)20;/h3-10,14,19H,11-13H2,1-2H3;1H. The van der Waals surface area contributed by atoms with Gasteiger partial charge < -0.3 is 10.2 Å². The summed E-state index contributed by atoms with van der Waals surface area (Å²) < 4.78 is 23.2. The lowest BCUT2D eigenvalue weighted by Crippen LogP contribution is -2.31. The van der Waals surface area contributed by atoms with E-state index in [1.54, 1.807) is 12.1 Å². The summed E-state index contributed by atoms with van der Waals surface area (Å²) in [5, 5.41) is 3.45. The molecule has 130 valence electrons. The summed E-state index contributed by atoms with van der Waals surface area (Å²) in [5.41, 5.74) is 3.66. The normalized spacial score (nSPS) is 15.8. The second-order valence-electron chi connectivity index (χ2n) is 6.02. The number of benzene rings is 2. The second-order valence-corrected chi connectivity index (χ2v) is 8.03. The quantitative estimate of drug-likeness (QED) is 0.906. The maximum absolute atomic E-state index is 11.6. The van der Waals surface area contributed by atoms with Gasteiger partial charge in [-0.05, 0) is 36.2 Å². The molecule has 2 aromatic rings. The van der Waals surface area contributed by atoms with Crippen molar-refractivity contribution in [3.63, 3.8) is 0 Å². The van der Waals surface area contributed by atoms with Crippen molar-refractivity contribution >= 4 is 27.9 Å². The van der Waals surface area contributed by atoms with Crippen molar-refractivity contribution in [3.8, 4) is 0 Å². The molecule has 0 aromatic heterocycles. The van der Waals surface area contributed by atoms with E-state index in [2.05, 4.69) is 41.4 Å². The fourth-order valence-electron chi connectivity index (χ4n) is 3.06. The molecular weight excluding hydrogens is 344 g/mol. The number of nitrogens with one attached hydrogen (secondary N) is 1. The van der Waals surface area contributed by atoms with Gasteiger partial charge in [0.2, 0.25) is 0 Å². The molecule has 24 heavy (non-hydrogen) atoms. The van der Waals surface area contributed by atoms with E-state index in [4.69, 9.17) is 0 Å². The molecule has 1 aliphatic rings. The van der Waals surface area contributed by atoms with Crippen molar-refractivity contribution < 1.29 is 8.42 Å². The van der Waals surface area contributed by atoms with Gasteiger partial charge in [-0.2, -0.15) is 0 Å². The summed E-state index contributed by atoms with van der Waals surface area (Å²) in [6.45, 7) is 4.90. The first kappa shape index (κ1) is 18.8. The number of rotatable bonds is 3. The van der Waals surface area contributed by atoms with E-state index in [1.807, 2.05) is 12.1 Å². The third-order valence-corrected chi connectivity index (χ3v) is 5.53. The second kappa shape index (κ2) is 7.55. The highest BCUT2D eigenvalue weighted by Crippen LogP contribution is 2.31. The fraction of sp³-hybridized carbons (Fsp3) is 0.333. The van der Waals surface area contributed by atoms with Gasteiger partial charge in [-0.25, -0.2) is 8.42 Å². The minimum atomic E-state index is -3.15. The molecule has 0 spiro atoms. The van der Waals surface area contributed by atoms with Crippen molar-refractivity contribution in [1.29, 1.82) is 0 Å². The monoisotopic (exact) mass is 366 g/mol. The lowest BCUT2D eigenvalue weighted by molar-refractivity contribution is 0.601. The van der Waals surface area contributed by atoms with Gasteiger partial charge in [-0.3, -0.25) is 0 Å². The zero-order chi connectivity index (χ0) is 16.4. The van der Waals surface area contributed by atoms with E-state index in [0.29, 0.717) is 4.90 Å². The molecule has 0 saturated heterocycles. The predicted octanol–water partition coefficient (Wildman–Crippen LogP) is 3.18. The Kier molecular flexibility index (Phi) is 5.91. The van der Waals surface area contributed by atoms with Crippen LogP contribution in [0, 0.1) is 0 Å². The van der Waals surface area contributed by atoms with Crippen LogP contribution in [-0.2, 0) is 16.4 Å². The van der Waals surface area contributed by atoms with Gasteiger partial charge in [-0.15, -0.1) is 12.4 Å². The smallest absolute Gasteiger partial charge is 0.175 e. The van der Waals surface area contributed by atoms with Crippen LogP contribution in [0.4, 0.5) is 5.69 Å². The molecule has 4 nitrogen and oxygen atoms in total.